The second-order valence-corrected chi connectivity index (χ2v) is 11.9. The molecule has 1 amide bonds. The molecule has 0 fully saturated rings. The summed E-state index contributed by atoms with van der Waals surface area (Å²) in [5, 5.41) is 0.551. The summed E-state index contributed by atoms with van der Waals surface area (Å²) < 4.78 is 12.8. The summed E-state index contributed by atoms with van der Waals surface area (Å²) in [5.74, 6) is -0.293. The van der Waals surface area contributed by atoms with Gasteiger partial charge in [-0.05, 0) is 56.2 Å². The minimum absolute atomic E-state index is 0.244. The van der Waals surface area contributed by atoms with E-state index in [1.807, 2.05) is 48.5 Å². The Hall–Kier alpha value is -4.47. The van der Waals surface area contributed by atoms with Gasteiger partial charge in [-0.3, -0.25) is 14.2 Å². The van der Waals surface area contributed by atoms with Gasteiger partial charge in [-0.2, -0.15) is 0 Å². The molecule has 0 radical (unpaired) electrons. The van der Waals surface area contributed by atoms with Gasteiger partial charge in [0.25, 0.3) is 11.5 Å². The highest BCUT2D eigenvalue weighted by atomic mass is 35.5. The first-order chi connectivity index (χ1) is 20.7. The Morgan fingerprint density at radius 1 is 1.05 bits per heavy atom. The summed E-state index contributed by atoms with van der Waals surface area (Å²) in [4.78, 5) is 48.7. The van der Waals surface area contributed by atoms with Crippen LogP contribution in [0.15, 0.2) is 93.9 Å². The molecule has 10 heteroatoms. The van der Waals surface area contributed by atoms with Gasteiger partial charge in [0.15, 0.2) is 4.80 Å². The number of nitrogens with zero attached hydrogens (tertiary/aromatic N) is 3. The van der Waals surface area contributed by atoms with E-state index in [2.05, 4.69) is 4.99 Å². The molecule has 0 unspecified atom stereocenters. The van der Waals surface area contributed by atoms with Crippen molar-refractivity contribution in [2.24, 2.45) is 4.99 Å². The molecule has 3 aromatic carbocycles. The van der Waals surface area contributed by atoms with Crippen LogP contribution in [0.5, 0.6) is 5.75 Å². The maximum Gasteiger partial charge on any atom is 0.338 e. The summed E-state index contributed by atoms with van der Waals surface area (Å²) >= 11 is 7.58. The minimum atomic E-state index is -0.835. The predicted octanol–water partition coefficient (Wildman–Crippen LogP) is 4.77. The summed E-state index contributed by atoms with van der Waals surface area (Å²) in [6.45, 7) is 5.51. The molecule has 0 aliphatic carbocycles. The van der Waals surface area contributed by atoms with Crippen molar-refractivity contribution in [3.05, 3.63) is 125 Å². The third-order valence-corrected chi connectivity index (χ3v) is 8.83. The predicted molar refractivity (Wildman–Crippen MR) is 166 cm³/mol. The Morgan fingerprint density at radius 2 is 1.79 bits per heavy atom. The van der Waals surface area contributed by atoms with Gasteiger partial charge in [0.2, 0.25) is 0 Å². The average molecular weight is 614 g/mol. The summed E-state index contributed by atoms with van der Waals surface area (Å²) in [5.41, 5.74) is 3.35. The first kappa shape index (κ1) is 28.6. The van der Waals surface area contributed by atoms with Crippen LogP contribution >= 0.6 is 22.9 Å². The molecule has 1 atom stereocenters. The third kappa shape index (κ3) is 4.98. The Labute approximate surface area is 256 Å². The number of hydrogen-bond donors (Lipinski definition) is 0. The second-order valence-electron chi connectivity index (χ2n) is 10.5. The number of ether oxygens (including phenoxy) is 2. The zero-order valence-corrected chi connectivity index (χ0v) is 25.5. The molecule has 6 rings (SSSR count). The lowest BCUT2D eigenvalue weighted by Crippen LogP contribution is -2.41. The van der Waals surface area contributed by atoms with Gasteiger partial charge in [-0.25, -0.2) is 9.79 Å². The molecule has 0 bridgehead atoms. The van der Waals surface area contributed by atoms with Crippen molar-refractivity contribution < 1.29 is 19.1 Å². The van der Waals surface area contributed by atoms with Crippen LogP contribution in [0.4, 0.5) is 5.69 Å². The Morgan fingerprint density at radius 3 is 2.53 bits per heavy atom. The smallest absolute Gasteiger partial charge is 0.338 e. The van der Waals surface area contributed by atoms with Crippen LogP contribution in [0, 0.1) is 0 Å². The van der Waals surface area contributed by atoms with Crippen molar-refractivity contribution >= 4 is 46.1 Å². The standard InChI is InChI=1S/C33H28ClN3O5S/c1-18(2)42-32(40)26-19(3)35-33-37(28(26)20-11-9-12-22(16-20)41-4)31(39)29(43-33)27-23-13-6-8-15-25(23)36(30(27)38)17-21-10-5-7-14-24(21)34/h5-16,18,28H,17H2,1-4H3/b29-27-/t28-/m0/s1. The van der Waals surface area contributed by atoms with Gasteiger partial charge in [0.1, 0.15) is 10.3 Å². The Bertz CT molecular complexity index is 2010. The van der Waals surface area contributed by atoms with Gasteiger partial charge < -0.3 is 14.4 Å². The van der Waals surface area contributed by atoms with E-state index in [4.69, 9.17) is 21.1 Å². The lowest BCUT2D eigenvalue weighted by atomic mass is 9.95. The number of amides is 1. The van der Waals surface area contributed by atoms with Gasteiger partial charge in [0, 0.05) is 10.6 Å². The molecular weight excluding hydrogens is 586 g/mol. The SMILES string of the molecule is COc1cccc([C@H]2C(C(=O)OC(C)C)=C(C)N=c3s/c(=C4\C(=O)N(Cc5ccccc5Cl)c5ccccc54)c(=O)n32)c1. The van der Waals surface area contributed by atoms with Crippen molar-refractivity contribution in [1.82, 2.24) is 4.57 Å². The fourth-order valence-electron chi connectivity index (χ4n) is 5.49. The number of halogens is 1. The van der Waals surface area contributed by atoms with Crippen LogP contribution in [0.2, 0.25) is 5.02 Å². The Kier molecular flexibility index (Phi) is 7.54. The van der Waals surface area contributed by atoms with Gasteiger partial charge in [-0.15, -0.1) is 0 Å². The molecule has 3 heterocycles. The first-order valence-corrected chi connectivity index (χ1v) is 14.9. The zero-order chi connectivity index (χ0) is 30.4. The molecule has 2 aliphatic rings. The van der Waals surface area contributed by atoms with Crippen LogP contribution in [0.3, 0.4) is 0 Å². The number of anilines is 1. The normalized spacial score (nSPS) is 17.1. The maximum atomic E-state index is 14.4. The van der Waals surface area contributed by atoms with E-state index >= 15 is 0 Å². The number of carbonyl (C=O) groups excluding carboxylic acids is 2. The summed E-state index contributed by atoms with van der Waals surface area (Å²) in [6, 6.07) is 21.1. The van der Waals surface area contributed by atoms with E-state index in [0.717, 1.165) is 16.9 Å². The zero-order valence-electron chi connectivity index (χ0n) is 24.0. The number of benzene rings is 3. The topological polar surface area (TPSA) is 90.2 Å². The number of allylic oxidation sites excluding steroid dienone is 1. The summed E-state index contributed by atoms with van der Waals surface area (Å²) in [6.07, 6.45) is -0.373. The number of para-hydroxylation sites is 1. The van der Waals surface area contributed by atoms with E-state index in [9.17, 15) is 14.4 Å². The number of thiazole rings is 1. The number of fused-ring (bicyclic) bond motifs is 2. The Balaban J connectivity index is 1.58. The number of rotatable bonds is 6. The first-order valence-electron chi connectivity index (χ1n) is 13.7. The van der Waals surface area contributed by atoms with E-state index in [0.29, 0.717) is 43.7 Å². The van der Waals surface area contributed by atoms with Gasteiger partial charge in [0.05, 0.1) is 48.3 Å². The molecule has 0 saturated carbocycles. The molecule has 4 aromatic rings. The molecule has 2 aliphatic heterocycles. The van der Waals surface area contributed by atoms with E-state index < -0.39 is 17.6 Å². The van der Waals surface area contributed by atoms with E-state index in [-0.39, 0.29) is 28.7 Å². The van der Waals surface area contributed by atoms with Crippen molar-refractivity contribution in [2.75, 3.05) is 12.0 Å². The van der Waals surface area contributed by atoms with Crippen molar-refractivity contribution in [2.45, 2.75) is 39.5 Å². The molecule has 0 saturated heterocycles. The molecule has 218 valence electrons. The summed E-state index contributed by atoms with van der Waals surface area (Å²) in [7, 11) is 1.55. The van der Waals surface area contributed by atoms with Gasteiger partial charge in [-0.1, -0.05) is 71.5 Å². The van der Waals surface area contributed by atoms with Crippen LogP contribution < -0.4 is 24.5 Å². The minimum Gasteiger partial charge on any atom is -0.497 e. The van der Waals surface area contributed by atoms with Crippen molar-refractivity contribution in [3.8, 4) is 5.75 Å². The van der Waals surface area contributed by atoms with Crippen molar-refractivity contribution in [3.63, 3.8) is 0 Å². The molecule has 0 spiro atoms. The highest BCUT2D eigenvalue weighted by Gasteiger charge is 2.37. The molecular formula is C33H28ClN3O5S. The molecule has 0 N–H and O–H groups in total. The fraction of sp³-hybridized carbons (Fsp3) is 0.212. The monoisotopic (exact) mass is 613 g/mol. The quantitative estimate of drug-likeness (QED) is 0.292. The van der Waals surface area contributed by atoms with Crippen LogP contribution in [-0.2, 0) is 20.9 Å². The second kappa shape index (κ2) is 11.3. The fourth-order valence-corrected chi connectivity index (χ4v) is 6.82. The maximum absolute atomic E-state index is 14.4. The average Bonchev–Trinajstić information content (AvgIpc) is 3.45. The van der Waals surface area contributed by atoms with E-state index in [1.165, 1.54) is 4.57 Å². The van der Waals surface area contributed by atoms with Crippen LogP contribution in [0.25, 0.3) is 5.57 Å². The lowest BCUT2D eigenvalue weighted by molar-refractivity contribution is -0.143. The number of methoxy groups -OCH3 is 1. The highest BCUT2D eigenvalue weighted by molar-refractivity contribution is 7.07. The number of carbonyl (C=O) groups is 2. The molecule has 43 heavy (non-hydrogen) atoms. The van der Waals surface area contributed by atoms with E-state index in [1.54, 1.807) is 57.0 Å². The third-order valence-electron chi connectivity index (χ3n) is 7.41. The number of hydrogen-bond acceptors (Lipinski definition) is 7. The number of aromatic nitrogens is 1. The van der Waals surface area contributed by atoms with Crippen molar-refractivity contribution in [1.29, 1.82) is 0 Å². The van der Waals surface area contributed by atoms with Crippen LogP contribution in [0.1, 0.15) is 43.5 Å². The molecule has 1 aromatic heterocycles. The lowest BCUT2D eigenvalue weighted by Gasteiger charge is -2.25. The largest absolute Gasteiger partial charge is 0.497 e. The highest BCUT2D eigenvalue weighted by Crippen LogP contribution is 2.37. The van der Waals surface area contributed by atoms with Gasteiger partial charge >= 0.3 is 5.97 Å². The molecule has 8 nitrogen and oxygen atoms in total. The number of esters is 1. The van der Waals surface area contributed by atoms with Crippen LogP contribution in [-0.4, -0.2) is 29.7 Å².